The van der Waals surface area contributed by atoms with Crippen molar-refractivity contribution in [3.63, 3.8) is 0 Å². The first-order valence-corrected chi connectivity index (χ1v) is 9.17. The van der Waals surface area contributed by atoms with Crippen LogP contribution in [0.5, 0.6) is 0 Å². The van der Waals surface area contributed by atoms with Crippen LogP contribution in [0.3, 0.4) is 0 Å². The molecule has 1 fully saturated rings. The monoisotopic (exact) mass is 365 g/mol. The van der Waals surface area contributed by atoms with E-state index in [2.05, 4.69) is 0 Å². The summed E-state index contributed by atoms with van der Waals surface area (Å²) < 4.78 is 40.7. The number of halogens is 3. The second-order valence-electron chi connectivity index (χ2n) is 5.96. The highest BCUT2D eigenvalue weighted by Crippen LogP contribution is 2.35. The molecule has 0 N–H and O–H groups in total. The molecule has 25 heavy (non-hydrogen) atoms. The second-order valence-corrected chi connectivity index (χ2v) is 7.27. The van der Waals surface area contributed by atoms with Gasteiger partial charge in [-0.05, 0) is 24.1 Å². The Morgan fingerprint density at radius 2 is 1.88 bits per heavy atom. The van der Waals surface area contributed by atoms with Crippen molar-refractivity contribution in [2.45, 2.75) is 18.1 Å². The fourth-order valence-corrected chi connectivity index (χ4v) is 4.20. The predicted octanol–water partition coefficient (Wildman–Crippen LogP) is 4.35. The van der Waals surface area contributed by atoms with Gasteiger partial charge in [0.05, 0.1) is 6.42 Å². The van der Waals surface area contributed by atoms with Gasteiger partial charge in [-0.15, -0.1) is 0 Å². The molecular formula is C19H18F3NOS. The van der Waals surface area contributed by atoms with Crippen LogP contribution < -0.4 is 0 Å². The van der Waals surface area contributed by atoms with Gasteiger partial charge in [-0.1, -0.05) is 24.3 Å². The van der Waals surface area contributed by atoms with Crippen molar-refractivity contribution >= 4 is 17.7 Å². The van der Waals surface area contributed by atoms with Crippen LogP contribution in [0.25, 0.3) is 0 Å². The second kappa shape index (κ2) is 7.95. The number of hydrogen-bond acceptors (Lipinski definition) is 2. The molecule has 1 aliphatic rings. The molecule has 3 rings (SSSR count). The molecule has 1 heterocycles. The smallest absolute Gasteiger partial charge is 0.227 e. The average molecular weight is 365 g/mol. The molecule has 2 aromatic rings. The lowest BCUT2D eigenvalue weighted by Gasteiger charge is -2.20. The Labute approximate surface area is 149 Å². The highest BCUT2D eigenvalue weighted by molar-refractivity contribution is 7.99. The van der Waals surface area contributed by atoms with E-state index in [4.69, 9.17) is 0 Å². The van der Waals surface area contributed by atoms with Gasteiger partial charge in [-0.2, -0.15) is 11.8 Å². The van der Waals surface area contributed by atoms with E-state index >= 15 is 0 Å². The van der Waals surface area contributed by atoms with E-state index in [1.807, 2.05) is 6.07 Å². The molecule has 1 unspecified atom stereocenters. The molecule has 0 radical (unpaired) electrons. The fraction of sp³-hybridized carbons (Fsp3) is 0.316. The van der Waals surface area contributed by atoms with Gasteiger partial charge in [0.1, 0.15) is 17.5 Å². The SMILES string of the molecule is O=C(Cc1ccc(F)cc1F)N1CCSC(c2ccccc2F)CC1. The van der Waals surface area contributed by atoms with Gasteiger partial charge in [0, 0.05) is 35.7 Å². The van der Waals surface area contributed by atoms with E-state index in [9.17, 15) is 18.0 Å². The normalized spacial score (nSPS) is 18.0. The topological polar surface area (TPSA) is 20.3 Å². The first-order chi connectivity index (χ1) is 12.0. The van der Waals surface area contributed by atoms with Gasteiger partial charge in [-0.25, -0.2) is 13.2 Å². The minimum atomic E-state index is -0.707. The molecule has 6 heteroatoms. The molecule has 2 aromatic carbocycles. The maximum absolute atomic E-state index is 14.0. The van der Waals surface area contributed by atoms with Crippen molar-refractivity contribution < 1.29 is 18.0 Å². The third kappa shape index (κ3) is 4.37. The van der Waals surface area contributed by atoms with E-state index in [0.717, 1.165) is 12.1 Å². The van der Waals surface area contributed by atoms with Crippen LogP contribution in [0.1, 0.15) is 22.8 Å². The van der Waals surface area contributed by atoms with E-state index < -0.39 is 11.6 Å². The molecule has 132 valence electrons. The highest BCUT2D eigenvalue weighted by Gasteiger charge is 2.24. The number of amides is 1. The van der Waals surface area contributed by atoms with Gasteiger partial charge >= 0.3 is 0 Å². The number of hydrogen-bond donors (Lipinski definition) is 0. The Morgan fingerprint density at radius 3 is 2.64 bits per heavy atom. The first-order valence-electron chi connectivity index (χ1n) is 8.12. The summed E-state index contributed by atoms with van der Waals surface area (Å²) in [6, 6.07) is 9.93. The molecule has 1 atom stereocenters. The van der Waals surface area contributed by atoms with Crippen molar-refractivity contribution in [3.05, 3.63) is 71.0 Å². The molecular weight excluding hydrogens is 347 g/mol. The van der Waals surface area contributed by atoms with E-state index in [0.29, 0.717) is 30.8 Å². The lowest BCUT2D eigenvalue weighted by molar-refractivity contribution is -0.130. The summed E-state index contributed by atoms with van der Waals surface area (Å²) >= 11 is 1.63. The number of carbonyl (C=O) groups excluding carboxylic acids is 1. The molecule has 0 saturated carbocycles. The molecule has 1 aliphatic heterocycles. The molecule has 0 aromatic heterocycles. The van der Waals surface area contributed by atoms with Crippen molar-refractivity contribution in [1.82, 2.24) is 4.90 Å². The Bertz CT molecular complexity index is 768. The van der Waals surface area contributed by atoms with Crippen LogP contribution >= 0.6 is 11.8 Å². The number of rotatable bonds is 3. The van der Waals surface area contributed by atoms with Gasteiger partial charge in [0.2, 0.25) is 5.91 Å². The summed E-state index contributed by atoms with van der Waals surface area (Å²) in [6.07, 6.45) is 0.546. The van der Waals surface area contributed by atoms with Crippen molar-refractivity contribution in [2.75, 3.05) is 18.8 Å². The quantitative estimate of drug-likeness (QED) is 0.806. The number of thioether (sulfide) groups is 1. The summed E-state index contributed by atoms with van der Waals surface area (Å²) in [5.74, 6) is -1.10. The number of benzene rings is 2. The zero-order valence-corrected chi connectivity index (χ0v) is 14.4. The van der Waals surface area contributed by atoms with Crippen LogP contribution in [0.15, 0.2) is 42.5 Å². The largest absolute Gasteiger partial charge is 0.342 e. The maximum atomic E-state index is 14.0. The van der Waals surface area contributed by atoms with Crippen LogP contribution in [0.2, 0.25) is 0 Å². The number of carbonyl (C=O) groups is 1. The zero-order chi connectivity index (χ0) is 17.8. The minimum absolute atomic E-state index is 0.00144. The summed E-state index contributed by atoms with van der Waals surface area (Å²) in [4.78, 5) is 14.1. The molecule has 0 spiro atoms. The summed E-state index contributed by atoms with van der Waals surface area (Å²) in [7, 11) is 0. The summed E-state index contributed by atoms with van der Waals surface area (Å²) in [5.41, 5.74) is 0.848. The van der Waals surface area contributed by atoms with Crippen molar-refractivity contribution in [3.8, 4) is 0 Å². The van der Waals surface area contributed by atoms with E-state index in [1.54, 1.807) is 28.8 Å². The number of nitrogens with zero attached hydrogens (tertiary/aromatic N) is 1. The third-order valence-corrected chi connectivity index (χ3v) is 5.61. The highest BCUT2D eigenvalue weighted by atomic mass is 32.2. The lowest BCUT2D eigenvalue weighted by Crippen LogP contribution is -2.34. The molecule has 2 nitrogen and oxygen atoms in total. The lowest BCUT2D eigenvalue weighted by atomic mass is 10.1. The molecule has 0 bridgehead atoms. The third-order valence-electron chi connectivity index (χ3n) is 4.30. The van der Waals surface area contributed by atoms with Crippen molar-refractivity contribution in [2.24, 2.45) is 0 Å². The van der Waals surface area contributed by atoms with Gasteiger partial charge in [0.25, 0.3) is 0 Å². The van der Waals surface area contributed by atoms with E-state index in [-0.39, 0.29) is 29.0 Å². The molecule has 1 amide bonds. The van der Waals surface area contributed by atoms with E-state index in [1.165, 1.54) is 12.1 Å². The van der Waals surface area contributed by atoms with Crippen LogP contribution in [0, 0.1) is 17.5 Å². The Hall–Kier alpha value is -1.95. The molecule has 1 saturated heterocycles. The standard InChI is InChI=1S/C19H18F3NOS/c20-14-6-5-13(17(22)12-14)11-19(24)23-8-7-18(25-10-9-23)15-3-1-2-4-16(15)21/h1-6,12,18H,7-11H2. The Balaban J connectivity index is 1.64. The zero-order valence-electron chi connectivity index (χ0n) is 13.6. The van der Waals surface area contributed by atoms with Crippen LogP contribution in [0.4, 0.5) is 13.2 Å². The minimum Gasteiger partial charge on any atom is -0.342 e. The first kappa shape index (κ1) is 17.9. The van der Waals surface area contributed by atoms with Crippen LogP contribution in [-0.4, -0.2) is 29.6 Å². The van der Waals surface area contributed by atoms with Crippen molar-refractivity contribution in [1.29, 1.82) is 0 Å². The van der Waals surface area contributed by atoms with Gasteiger partial charge in [0.15, 0.2) is 0 Å². The maximum Gasteiger partial charge on any atom is 0.227 e. The Morgan fingerprint density at radius 1 is 1.08 bits per heavy atom. The summed E-state index contributed by atoms with van der Waals surface area (Å²) in [5, 5.41) is 0.00144. The summed E-state index contributed by atoms with van der Waals surface area (Å²) in [6.45, 7) is 1.03. The van der Waals surface area contributed by atoms with Gasteiger partial charge in [-0.3, -0.25) is 4.79 Å². The average Bonchev–Trinajstić information content (AvgIpc) is 2.84. The fourth-order valence-electron chi connectivity index (χ4n) is 2.94. The predicted molar refractivity (Wildman–Crippen MR) is 92.9 cm³/mol. The Kier molecular flexibility index (Phi) is 5.68. The molecule has 0 aliphatic carbocycles. The van der Waals surface area contributed by atoms with Crippen LogP contribution in [-0.2, 0) is 11.2 Å². The van der Waals surface area contributed by atoms with Gasteiger partial charge < -0.3 is 4.90 Å².